The van der Waals surface area contributed by atoms with Gasteiger partial charge in [-0.2, -0.15) is 5.26 Å². The minimum absolute atomic E-state index is 0.133. The summed E-state index contributed by atoms with van der Waals surface area (Å²) in [5.41, 5.74) is 20.4. The molecule has 4 bridgehead atoms. The van der Waals surface area contributed by atoms with Crippen molar-refractivity contribution in [2.24, 2.45) is 0 Å². The van der Waals surface area contributed by atoms with Crippen LogP contribution in [-0.4, -0.2) is 11.1 Å². The maximum absolute atomic E-state index is 12.1. The van der Waals surface area contributed by atoms with Crippen LogP contribution < -0.4 is 4.90 Å². The summed E-state index contributed by atoms with van der Waals surface area (Å²) in [7, 11) is 0. The number of benzene rings is 5. The summed E-state index contributed by atoms with van der Waals surface area (Å²) >= 11 is 3.63. The van der Waals surface area contributed by atoms with Crippen LogP contribution >= 0.6 is 22.7 Å². The van der Waals surface area contributed by atoms with Gasteiger partial charge in [0, 0.05) is 71.1 Å². The number of rotatable bonds is 7. The van der Waals surface area contributed by atoms with E-state index in [1.807, 2.05) is 17.4 Å². The average Bonchev–Trinajstić information content (AvgIpc) is 4.07. The molecule has 0 aliphatic heterocycles. The first-order chi connectivity index (χ1) is 32.0. The molecule has 2 heterocycles. The van der Waals surface area contributed by atoms with Crippen LogP contribution in [0.2, 0.25) is 0 Å². The molecular formula is C60H48N2O2S2. The lowest BCUT2D eigenvalue weighted by Crippen LogP contribution is -2.18. The number of thiophene rings is 2. The molecular weight excluding hydrogens is 845 g/mol. The van der Waals surface area contributed by atoms with E-state index in [-0.39, 0.29) is 22.3 Å². The van der Waals surface area contributed by atoms with Crippen LogP contribution in [0.5, 0.6) is 0 Å². The zero-order valence-corrected chi connectivity index (χ0v) is 39.1. The molecule has 0 saturated heterocycles. The number of hydrogen-bond donors (Lipinski definition) is 1. The summed E-state index contributed by atoms with van der Waals surface area (Å²) in [6.45, 7) is 9.44. The molecule has 5 aromatic carbocycles. The van der Waals surface area contributed by atoms with E-state index in [0.29, 0.717) is 17.8 Å². The van der Waals surface area contributed by atoms with E-state index in [9.17, 15) is 15.2 Å². The first kappa shape index (κ1) is 39.8. The molecule has 0 amide bonds. The Labute approximate surface area is 394 Å². The zero-order valence-electron chi connectivity index (χ0n) is 37.5. The third kappa shape index (κ3) is 5.57. The van der Waals surface area contributed by atoms with E-state index in [1.54, 1.807) is 17.4 Å². The molecule has 0 saturated carbocycles. The van der Waals surface area contributed by atoms with Crippen LogP contribution in [0.1, 0.15) is 126 Å². The summed E-state index contributed by atoms with van der Waals surface area (Å²) in [5.74, 6) is 0.0920. The van der Waals surface area contributed by atoms with Crippen molar-refractivity contribution >= 4 is 51.8 Å². The smallest absolute Gasteiger partial charge is 0.346 e. The highest BCUT2D eigenvalue weighted by molar-refractivity contribution is 7.24. The van der Waals surface area contributed by atoms with Gasteiger partial charge in [-0.05, 0) is 140 Å². The van der Waals surface area contributed by atoms with Gasteiger partial charge in [-0.3, -0.25) is 0 Å². The largest absolute Gasteiger partial charge is 0.477 e. The molecule has 4 unspecified atom stereocenters. The highest BCUT2D eigenvalue weighted by atomic mass is 32.1. The van der Waals surface area contributed by atoms with Crippen LogP contribution in [0, 0.1) is 11.3 Å². The van der Waals surface area contributed by atoms with Crippen LogP contribution in [0.3, 0.4) is 0 Å². The monoisotopic (exact) mass is 892 g/mol. The van der Waals surface area contributed by atoms with E-state index in [2.05, 4.69) is 166 Å². The molecule has 0 spiro atoms. The van der Waals surface area contributed by atoms with Gasteiger partial charge >= 0.3 is 5.97 Å². The molecule has 66 heavy (non-hydrogen) atoms. The predicted octanol–water partition coefficient (Wildman–Crippen LogP) is 16.3. The SMILES string of the molecule is CC1(C)c2ccccc2-c2ccc(N(c3ccc(-c4sc(-c5sc(/C=C(\C#N)C(=O)O)c6c5C5C=CC6CC5)c5c4C4C=CC5CC4)cc3)c3ccc4c(c3)C(C)(C)c3ccccc3-4)cc21. The van der Waals surface area contributed by atoms with Gasteiger partial charge in [-0.1, -0.05) is 125 Å². The molecule has 8 aliphatic rings. The molecule has 2 aromatic heterocycles. The molecule has 6 heteroatoms. The Kier molecular flexibility index (Phi) is 8.59. The van der Waals surface area contributed by atoms with Gasteiger partial charge in [0.1, 0.15) is 11.6 Å². The topological polar surface area (TPSA) is 64.3 Å². The second-order valence-electron chi connectivity index (χ2n) is 20.2. The van der Waals surface area contributed by atoms with Crippen molar-refractivity contribution < 1.29 is 9.90 Å². The number of carboxylic acids is 1. The van der Waals surface area contributed by atoms with Crippen molar-refractivity contribution in [2.45, 2.75) is 87.9 Å². The quantitative estimate of drug-likeness (QED) is 0.0984. The van der Waals surface area contributed by atoms with Crippen molar-refractivity contribution in [1.82, 2.24) is 0 Å². The van der Waals surface area contributed by atoms with E-state index < -0.39 is 5.97 Å². The molecule has 0 radical (unpaired) electrons. The number of fused-ring (bicyclic) bond motifs is 8. The van der Waals surface area contributed by atoms with Crippen molar-refractivity contribution in [3.05, 3.63) is 188 Å². The van der Waals surface area contributed by atoms with Gasteiger partial charge in [0.15, 0.2) is 0 Å². The van der Waals surface area contributed by atoms with Gasteiger partial charge in [0.25, 0.3) is 0 Å². The summed E-state index contributed by atoms with van der Waals surface area (Å²) in [4.78, 5) is 19.5. The van der Waals surface area contributed by atoms with Crippen molar-refractivity contribution in [2.75, 3.05) is 4.90 Å². The molecule has 4 atom stereocenters. The van der Waals surface area contributed by atoms with Gasteiger partial charge in [0.05, 0.1) is 0 Å². The first-order valence-corrected chi connectivity index (χ1v) is 25.1. The Bertz CT molecular complexity index is 3290. The normalized spacial score (nSPS) is 21.4. The fourth-order valence-electron chi connectivity index (χ4n) is 12.8. The van der Waals surface area contributed by atoms with E-state index in [4.69, 9.17) is 0 Å². The third-order valence-corrected chi connectivity index (χ3v) is 18.7. The maximum atomic E-state index is 12.1. The van der Waals surface area contributed by atoms with Gasteiger partial charge in [-0.15, -0.1) is 22.7 Å². The highest BCUT2D eigenvalue weighted by Gasteiger charge is 2.42. The maximum Gasteiger partial charge on any atom is 0.346 e. The van der Waals surface area contributed by atoms with E-state index in [0.717, 1.165) is 47.6 Å². The number of allylic oxidation sites excluding steroid dienone is 4. The number of aliphatic carboxylic acids is 1. The molecule has 8 aliphatic carbocycles. The third-order valence-electron chi connectivity index (χ3n) is 16.1. The fourth-order valence-corrected chi connectivity index (χ4v) is 15.8. The predicted molar refractivity (Wildman–Crippen MR) is 272 cm³/mol. The number of nitrogens with zero attached hydrogens (tertiary/aromatic N) is 2. The minimum Gasteiger partial charge on any atom is -0.477 e. The van der Waals surface area contributed by atoms with Crippen LogP contribution in [0.15, 0.2) is 139 Å². The second kappa shape index (κ2) is 14.2. The van der Waals surface area contributed by atoms with Crippen LogP contribution in [0.25, 0.3) is 48.5 Å². The van der Waals surface area contributed by atoms with E-state index >= 15 is 0 Å². The standard InChI is InChI=1S/C60H48N2O2S2/c1-59(2)46-11-7-5-9-42(46)44-27-25-40(30-48(44)59)62(41-26-28-45-43-10-6-8-12-47(43)60(3,4)49(45)31-41)39-23-21-37(22-24-39)55-53-35-17-19-36(20-18-35)54(53)57(66-55)56-52-34-15-13-33(14-16-34)51(52)50(65-56)29-38(32-61)58(63)64/h5-13,15,17,19,21-31,33-36H,14,16,18,20H2,1-4H3,(H,63,64)/b38-29+. The number of nitriles is 1. The Balaban J connectivity index is 0.957. The first-order valence-electron chi connectivity index (χ1n) is 23.5. The Hall–Kier alpha value is -6.52. The summed E-state index contributed by atoms with van der Waals surface area (Å²) in [5, 5.41) is 19.7. The molecule has 1 N–H and O–H groups in total. The van der Waals surface area contributed by atoms with Gasteiger partial charge in [0.2, 0.25) is 0 Å². The number of hydrogen-bond acceptors (Lipinski definition) is 5. The lowest BCUT2D eigenvalue weighted by Gasteiger charge is -2.34. The van der Waals surface area contributed by atoms with Gasteiger partial charge < -0.3 is 10.0 Å². The van der Waals surface area contributed by atoms with Crippen molar-refractivity contribution in [1.29, 1.82) is 5.26 Å². The Morgan fingerprint density at radius 2 is 1.02 bits per heavy atom. The summed E-state index contributed by atoms with van der Waals surface area (Å²) in [6.07, 6.45) is 15.7. The van der Waals surface area contributed by atoms with Crippen LogP contribution in [0.4, 0.5) is 17.1 Å². The van der Waals surface area contributed by atoms with Crippen LogP contribution in [-0.2, 0) is 15.6 Å². The van der Waals surface area contributed by atoms with Gasteiger partial charge in [-0.25, -0.2) is 4.79 Å². The highest BCUT2D eigenvalue weighted by Crippen LogP contribution is 2.62. The minimum atomic E-state index is -1.17. The molecule has 322 valence electrons. The molecule has 15 rings (SSSR count). The summed E-state index contributed by atoms with van der Waals surface area (Å²) < 4.78 is 0. The fraction of sp³-hybridized carbons (Fsp3) is 0.233. The number of anilines is 3. The Morgan fingerprint density at radius 3 is 1.52 bits per heavy atom. The lowest BCUT2D eigenvalue weighted by molar-refractivity contribution is -0.132. The second-order valence-corrected chi connectivity index (χ2v) is 22.3. The average molecular weight is 893 g/mol. The summed E-state index contributed by atoms with van der Waals surface area (Å²) in [6, 6.07) is 43.2. The lowest BCUT2D eigenvalue weighted by atomic mass is 9.69. The van der Waals surface area contributed by atoms with E-state index in [1.165, 1.54) is 87.0 Å². The number of carboxylic acid groups (broad SMARTS) is 1. The molecule has 7 aromatic rings. The number of carbonyl (C=O) groups is 1. The van der Waals surface area contributed by atoms with Crippen molar-refractivity contribution in [3.63, 3.8) is 0 Å². The molecule has 0 fully saturated rings. The zero-order chi connectivity index (χ0) is 44.8. The Morgan fingerprint density at radius 1 is 0.576 bits per heavy atom. The molecule has 4 nitrogen and oxygen atoms in total. The van der Waals surface area contributed by atoms with Crippen molar-refractivity contribution in [3.8, 4) is 48.5 Å².